The van der Waals surface area contributed by atoms with Crippen LogP contribution in [0.25, 0.3) is 0 Å². The average Bonchev–Trinajstić information content (AvgIpc) is 2.73. The van der Waals surface area contributed by atoms with E-state index in [-0.39, 0.29) is 36.4 Å². The first-order valence-electron chi connectivity index (χ1n) is 10.3. The van der Waals surface area contributed by atoms with E-state index in [1.807, 2.05) is 13.8 Å². The van der Waals surface area contributed by atoms with Gasteiger partial charge in [-0.1, -0.05) is 0 Å². The summed E-state index contributed by atoms with van der Waals surface area (Å²) in [6, 6.07) is 4.95. The van der Waals surface area contributed by atoms with E-state index in [4.69, 9.17) is 14.2 Å². The molecule has 1 heterocycles. The number of nitrogens with zero attached hydrogens (tertiary/aromatic N) is 2. The fourth-order valence-electron chi connectivity index (χ4n) is 3.40. The number of piperidine rings is 1. The number of rotatable bonds is 8. The Hall–Kier alpha value is -2.77. The third-order valence-corrected chi connectivity index (χ3v) is 4.89. The van der Waals surface area contributed by atoms with Crippen LogP contribution in [0.15, 0.2) is 18.2 Å². The van der Waals surface area contributed by atoms with Crippen molar-refractivity contribution in [1.29, 1.82) is 0 Å². The second-order valence-electron chi connectivity index (χ2n) is 7.62. The van der Waals surface area contributed by atoms with E-state index in [9.17, 15) is 14.4 Å². The Morgan fingerprint density at radius 2 is 1.97 bits per heavy atom. The number of ether oxygens (including phenoxy) is 3. The van der Waals surface area contributed by atoms with Gasteiger partial charge in [0, 0.05) is 25.7 Å². The molecule has 0 bridgehead atoms. The van der Waals surface area contributed by atoms with Crippen molar-refractivity contribution in [3.63, 3.8) is 0 Å². The van der Waals surface area contributed by atoms with Crippen molar-refractivity contribution in [2.75, 3.05) is 40.4 Å². The van der Waals surface area contributed by atoms with E-state index < -0.39 is 0 Å². The molecule has 1 aliphatic rings. The van der Waals surface area contributed by atoms with Gasteiger partial charge in [0.15, 0.2) is 11.5 Å². The molecule has 8 nitrogen and oxygen atoms in total. The molecule has 0 aromatic heterocycles. The highest BCUT2D eigenvalue weighted by molar-refractivity contribution is 5.97. The monoisotopic (exact) mass is 420 g/mol. The third-order valence-electron chi connectivity index (χ3n) is 4.89. The molecule has 0 saturated carbocycles. The number of likely N-dealkylation sites (tertiary alicyclic amines) is 1. The molecule has 30 heavy (non-hydrogen) atoms. The number of likely N-dealkylation sites (N-methyl/N-ethyl adjacent to an activating group) is 1. The van der Waals surface area contributed by atoms with Crippen LogP contribution in [-0.2, 0) is 14.3 Å². The highest BCUT2D eigenvalue weighted by atomic mass is 16.5. The third kappa shape index (κ3) is 6.11. The lowest BCUT2D eigenvalue weighted by molar-refractivity contribution is -0.151. The van der Waals surface area contributed by atoms with E-state index in [1.54, 1.807) is 37.1 Å². The van der Waals surface area contributed by atoms with E-state index in [0.29, 0.717) is 43.2 Å². The van der Waals surface area contributed by atoms with E-state index >= 15 is 0 Å². The van der Waals surface area contributed by atoms with Gasteiger partial charge in [-0.3, -0.25) is 14.4 Å². The van der Waals surface area contributed by atoms with Gasteiger partial charge in [-0.2, -0.15) is 0 Å². The Morgan fingerprint density at radius 3 is 2.60 bits per heavy atom. The summed E-state index contributed by atoms with van der Waals surface area (Å²) in [5.41, 5.74) is 0.404. The van der Waals surface area contributed by atoms with Crippen molar-refractivity contribution in [1.82, 2.24) is 9.80 Å². The molecule has 1 unspecified atom stereocenters. The van der Waals surface area contributed by atoms with Crippen molar-refractivity contribution in [2.24, 2.45) is 5.92 Å². The number of benzene rings is 1. The van der Waals surface area contributed by atoms with Crippen LogP contribution in [0.2, 0.25) is 0 Å². The standard InChI is InChI=1S/C22H32N2O6/c1-6-29-22(27)17-8-7-11-24(13-17)20(25)14-23(4)21(26)16-9-10-18(30-15(2)3)19(12-16)28-5/h9-10,12,15,17H,6-8,11,13-14H2,1-5H3. The van der Waals surface area contributed by atoms with Crippen molar-refractivity contribution < 1.29 is 28.6 Å². The zero-order valence-corrected chi connectivity index (χ0v) is 18.5. The topological polar surface area (TPSA) is 85.4 Å². The number of hydrogen-bond donors (Lipinski definition) is 0. The van der Waals surface area contributed by atoms with Crippen molar-refractivity contribution >= 4 is 17.8 Å². The lowest BCUT2D eigenvalue weighted by atomic mass is 9.98. The molecule has 1 fully saturated rings. The quantitative estimate of drug-likeness (QED) is 0.600. The molecule has 0 spiro atoms. The lowest BCUT2D eigenvalue weighted by Gasteiger charge is -2.32. The van der Waals surface area contributed by atoms with Gasteiger partial charge in [-0.25, -0.2) is 0 Å². The summed E-state index contributed by atoms with van der Waals surface area (Å²) in [5.74, 6) is -0.0383. The van der Waals surface area contributed by atoms with Crippen LogP contribution >= 0.6 is 0 Å². The van der Waals surface area contributed by atoms with Crippen molar-refractivity contribution in [3.05, 3.63) is 23.8 Å². The van der Waals surface area contributed by atoms with Crippen LogP contribution in [0.1, 0.15) is 44.0 Å². The maximum Gasteiger partial charge on any atom is 0.310 e. The van der Waals surface area contributed by atoms with Gasteiger partial charge >= 0.3 is 5.97 Å². The molecule has 1 aliphatic heterocycles. The number of carbonyl (C=O) groups excluding carboxylic acids is 3. The minimum absolute atomic E-state index is 0.0243. The predicted molar refractivity (Wildman–Crippen MR) is 112 cm³/mol. The molecule has 0 radical (unpaired) electrons. The Labute approximate surface area is 178 Å². The first-order valence-corrected chi connectivity index (χ1v) is 10.3. The molecule has 8 heteroatoms. The maximum absolute atomic E-state index is 12.8. The Morgan fingerprint density at radius 1 is 1.23 bits per heavy atom. The van der Waals surface area contributed by atoms with Crippen molar-refractivity contribution in [2.45, 2.75) is 39.7 Å². The van der Waals surface area contributed by atoms with Gasteiger partial charge in [0.1, 0.15) is 0 Å². The Balaban J connectivity index is 2.01. The molecular formula is C22H32N2O6. The molecule has 2 rings (SSSR count). The first kappa shape index (κ1) is 23.5. The zero-order chi connectivity index (χ0) is 22.3. The highest BCUT2D eigenvalue weighted by Gasteiger charge is 2.30. The molecule has 0 N–H and O–H groups in total. The second-order valence-corrected chi connectivity index (χ2v) is 7.62. The summed E-state index contributed by atoms with van der Waals surface area (Å²) >= 11 is 0. The van der Waals surface area contributed by atoms with Crippen LogP contribution in [0.4, 0.5) is 0 Å². The summed E-state index contributed by atoms with van der Waals surface area (Å²) < 4.78 is 16.1. The van der Waals surface area contributed by atoms with Gasteiger partial charge in [-0.05, 0) is 51.8 Å². The maximum atomic E-state index is 12.8. The molecule has 1 atom stereocenters. The van der Waals surface area contributed by atoms with Crippen molar-refractivity contribution in [3.8, 4) is 11.5 Å². The number of amides is 2. The molecule has 1 aromatic carbocycles. The normalized spacial score (nSPS) is 16.2. The highest BCUT2D eigenvalue weighted by Crippen LogP contribution is 2.29. The summed E-state index contributed by atoms with van der Waals surface area (Å²) in [6.07, 6.45) is 1.42. The van der Waals surface area contributed by atoms with Crippen LogP contribution in [0.3, 0.4) is 0 Å². The SMILES string of the molecule is CCOC(=O)C1CCCN(C(=O)CN(C)C(=O)c2ccc(OC(C)C)c(OC)c2)C1. The lowest BCUT2D eigenvalue weighted by Crippen LogP contribution is -2.47. The summed E-state index contributed by atoms with van der Waals surface area (Å²) in [4.78, 5) is 40.5. The van der Waals surface area contributed by atoms with E-state index in [1.165, 1.54) is 12.0 Å². The molecular weight excluding hydrogens is 388 g/mol. The van der Waals surface area contributed by atoms with Gasteiger partial charge in [0.2, 0.25) is 5.91 Å². The van der Waals surface area contributed by atoms with Gasteiger partial charge in [-0.15, -0.1) is 0 Å². The molecule has 166 valence electrons. The summed E-state index contributed by atoms with van der Waals surface area (Å²) in [5, 5.41) is 0. The molecule has 1 saturated heterocycles. The Bertz CT molecular complexity index is 764. The smallest absolute Gasteiger partial charge is 0.310 e. The van der Waals surface area contributed by atoms with Gasteiger partial charge < -0.3 is 24.0 Å². The minimum Gasteiger partial charge on any atom is -0.493 e. The molecule has 1 aromatic rings. The van der Waals surface area contributed by atoms with Gasteiger partial charge in [0.05, 0.1) is 32.3 Å². The number of esters is 1. The van der Waals surface area contributed by atoms with Crippen LogP contribution < -0.4 is 9.47 Å². The fraction of sp³-hybridized carbons (Fsp3) is 0.591. The number of carbonyl (C=O) groups is 3. The minimum atomic E-state index is -0.304. The average molecular weight is 421 g/mol. The fourth-order valence-corrected chi connectivity index (χ4v) is 3.40. The van der Waals surface area contributed by atoms with Gasteiger partial charge in [0.25, 0.3) is 5.91 Å². The number of hydrogen-bond acceptors (Lipinski definition) is 6. The van der Waals surface area contributed by atoms with E-state index in [0.717, 1.165) is 6.42 Å². The zero-order valence-electron chi connectivity index (χ0n) is 18.5. The summed E-state index contributed by atoms with van der Waals surface area (Å²) in [6.45, 7) is 6.74. The second kappa shape index (κ2) is 10.8. The van der Waals surface area contributed by atoms with Crippen LogP contribution in [0, 0.1) is 5.92 Å². The first-order chi connectivity index (χ1) is 14.3. The van der Waals surface area contributed by atoms with Crippen LogP contribution in [-0.4, -0.2) is 74.1 Å². The van der Waals surface area contributed by atoms with E-state index in [2.05, 4.69) is 0 Å². The molecule has 2 amide bonds. The predicted octanol–water partition coefficient (Wildman–Crippen LogP) is 2.36. The number of methoxy groups -OCH3 is 1. The Kier molecular flexibility index (Phi) is 8.50. The molecule has 0 aliphatic carbocycles. The largest absolute Gasteiger partial charge is 0.493 e. The summed E-state index contributed by atoms with van der Waals surface area (Å²) in [7, 11) is 3.10. The van der Waals surface area contributed by atoms with Crippen LogP contribution in [0.5, 0.6) is 11.5 Å².